The van der Waals surface area contributed by atoms with Crippen molar-refractivity contribution in [3.8, 4) is 0 Å². The maximum atomic E-state index is 11.7. The van der Waals surface area contributed by atoms with Crippen molar-refractivity contribution >= 4 is 12.1 Å². The summed E-state index contributed by atoms with van der Waals surface area (Å²) in [5.41, 5.74) is 4.80. The van der Waals surface area contributed by atoms with Crippen molar-refractivity contribution < 1.29 is 4.79 Å². The molecule has 128 valence electrons. The Morgan fingerprint density at radius 3 is 2.35 bits per heavy atom. The Kier molecular flexibility index (Phi) is 10.9. The third-order valence-corrected chi connectivity index (χ3v) is 3.95. The standard InChI is InChI=1S/C20H32N2O/c1-3-4-5-6-7-8-9-10-11-15-20(23)22-21-17-19-14-12-13-18(2)16-19/h12-14,16-17H,3-11,15H2,1-2H3,(H,22,23)/b21-17+. The van der Waals surface area contributed by atoms with E-state index in [2.05, 4.69) is 17.5 Å². The van der Waals surface area contributed by atoms with E-state index >= 15 is 0 Å². The van der Waals surface area contributed by atoms with Crippen molar-refractivity contribution in [2.45, 2.75) is 78.1 Å². The van der Waals surface area contributed by atoms with Crippen LogP contribution in [-0.2, 0) is 4.79 Å². The van der Waals surface area contributed by atoms with Gasteiger partial charge in [-0.3, -0.25) is 4.79 Å². The summed E-state index contributed by atoms with van der Waals surface area (Å²) < 4.78 is 0. The van der Waals surface area contributed by atoms with Gasteiger partial charge in [0.2, 0.25) is 5.91 Å². The molecule has 0 fully saturated rings. The van der Waals surface area contributed by atoms with Crippen LogP contribution in [0.4, 0.5) is 0 Å². The average molecular weight is 316 g/mol. The molecule has 0 saturated carbocycles. The first-order chi connectivity index (χ1) is 11.2. The Morgan fingerprint density at radius 2 is 1.70 bits per heavy atom. The molecule has 0 spiro atoms. The van der Waals surface area contributed by atoms with Gasteiger partial charge in [0.1, 0.15) is 0 Å². The fourth-order valence-corrected chi connectivity index (χ4v) is 2.58. The van der Waals surface area contributed by atoms with E-state index in [0.717, 1.165) is 18.4 Å². The van der Waals surface area contributed by atoms with Gasteiger partial charge in [0.05, 0.1) is 6.21 Å². The maximum Gasteiger partial charge on any atom is 0.240 e. The molecule has 0 heterocycles. The van der Waals surface area contributed by atoms with E-state index in [-0.39, 0.29) is 5.91 Å². The van der Waals surface area contributed by atoms with Crippen LogP contribution < -0.4 is 5.43 Å². The van der Waals surface area contributed by atoms with Crippen LogP contribution in [0.3, 0.4) is 0 Å². The number of unbranched alkanes of at least 4 members (excludes halogenated alkanes) is 8. The number of nitrogens with one attached hydrogen (secondary N) is 1. The zero-order valence-electron chi connectivity index (χ0n) is 14.8. The van der Waals surface area contributed by atoms with Crippen LogP contribution in [0.2, 0.25) is 0 Å². The SMILES string of the molecule is CCCCCCCCCCCC(=O)N/N=C/c1cccc(C)c1. The lowest BCUT2D eigenvalue weighted by Gasteiger charge is -2.02. The largest absolute Gasteiger partial charge is 0.273 e. The lowest BCUT2D eigenvalue weighted by Crippen LogP contribution is -2.16. The molecule has 1 aromatic rings. The molecule has 0 aliphatic heterocycles. The molecule has 3 heteroatoms. The Labute approximate surface area is 141 Å². The molecule has 0 bridgehead atoms. The quantitative estimate of drug-likeness (QED) is 0.314. The number of carbonyl (C=O) groups excluding carboxylic acids is 1. The summed E-state index contributed by atoms with van der Waals surface area (Å²) >= 11 is 0. The molecule has 0 saturated heterocycles. The molecule has 0 aromatic heterocycles. The number of hydrogen-bond donors (Lipinski definition) is 1. The maximum absolute atomic E-state index is 11.7. The Hall–Kier alpha value is -1.64. The average Bonchev–Trinajstić information content (AvgIpc) is 2.53. The summed E-state index contributed by atoms with van der Waals surface area (Å²) in [4.78, 5) is 11.7. The normalized spacial score (nSPS) is 11.0. The van der Waals surface area contributed by atoms with Crippen LogP contribution in [-0.4, -0.2) is 12.1 Å². The predicted molar refractivity (Wildman–Crippen MR) is 98.8 cm³/mol. The minimum Gasteiger partial charge on any atom is -0.273 e. The van der Waals surface area contributed by atoms with Crippen molar-refractivity contribution in [3.63, 3.8) is 0 Å². The lowest BCUT2D eigenvalue weighted by atomic mass is 10.1. The Bertz CT molecular complexity index is 468. The van der Waals surface area contributed by atoms with Gasteiger partial charge in [-0.25, -0.2) is 5.43 Å². The number of carbonyl (C=O) groups is 1. The molecule has 0 unspecified atom stereocenters. The topological polar surface area (TPSA) is 41.5 Å². The second kappa shape index (κ2) is 12.9. The van der Waals surface area contributed by atoms with Crippen LogP contribution in [0.15, 0.2) is 29.4 Å². The first kappa shape index (κ1) is 19.4. The molecule has 1 rings (SSSR count). The highest BCUT2D eigenvalue weighted by atomic mass is 16.2. The summed E-state index contributed by atoms with van der Waals surface area (Å²) in [6.45, 7) is 4.29. The monoisotopic (exact) mass is 316 g/mol. The molecule has 1 amide bonds. The van der Waals surface area contributed by atoms with E-state index in [1.54, 1.807) is 6.21 Å². The van der Waals surface area contributed by atoms with Crippen LogP contribution in [0.1, 0.15) is 82.3 Å². The van der Waals surface area contributed by atoms with Crippen molar-refractivity contribution in [2.75, 3.05) is 0 Å². The van der Waals surface area contributed by atoms with Gasteiger partial charge < -0.3 is 0 Å². The minimum atomic E-state index is 0.0110. The lowest BCUT2D eigenvalue weighted by molar-refractivity contribution is -0.121. The summed E-state index contributed by atoms with van der Waals surface area (Å²) in [6, 6.07) is 8.04. The minimum absolute atomic E-state index is 0.0110. The summed E-state index contributed by atoms with van der Waals surface area (Å²) in [6.07, 6.45) is 13.7. The molecule has 1 aromatic carbocycles. The van der Waals surface area contributed by atoms with Gasteiger partial charge in [-0.05, 0) is 18.9 Å². The third-order valence-electron chi connectivity index (χ3n) is 3.95. The molecule has 0 radical (unpaired) electrons. The number of amides is 1. The van der Waals surface area contributed by atoms with E-state index in [1.807, 2.05) is 31.2 Å². The van der Waals surface area contributed by atoms with Gasteiger partial charge in [0.25, 0.3) is 0 Å². The molecular weight excluding hydrogens is 284 g/mol. The van der Waals surface area contributed by atoms with Crippen LogP contribution in [0, 0.1) is 6.92 Å². The van der Waals surface area contributed by atoms with Gasteiger partial charge in [0.15, 0.2) is 0 Å². The number of hydrogen-bond acceptors (Lipinski definition) is 2. The zero-order valence-corrected chi connectivity index (χ0v) is 14.8. The third kappa shape index (κ3) is 10.7. The van der Waals surface area contributed by atoms with Crippen molar-refractivity contribution in [3.05, 3.63) is 35.4 Å². The zero-order chi connectivity index (χ0) is 16.8. The van der Waals surface area contributed by atoms with E-state index in [0.29, 0.717) is 6.42 Å². The highest BCUT2D eigenvalue weighted by molar-refractivity contribution is 5.82. The number of nitrogens with zero attached hydrogens (tertiary/aromatic N) is 1. The smallest absolute Gasteiger partial charge is 0.240 e. The van der Waals surface area contributed by atoms with Crippen molar-refractivity contribution in [1.82, 2.24) is 5.43 Å². The van der Waals surface area contributed by atoms with E-state index < -0.39 is 0 Å². The van der Waals surface area contributed by atoms with E-state index in [1.165, 1.54) is 50.5 Å². The Morgan fingerprint density at radius 1 is 1.04 bits per heavy atom. The number of benzene rings is 1. The van der Waals surface area contributed by atoms with Gasteiger partial charge in [-0.15, -0.1) is 0 Å². The molecule has 1 N–H and O–H groups in total. The summed E-state index contributed by atoms with van der Waals surface area (Å²) in [5, 5.41) is 4.01. The van der Waals surface area contributed by atoms with Crippen molar-refractivity contribution in [2.24, 2.45) is 5.10 Å². The predicted octanol–water partition coefficient (Wildman–Crippen LogP) is 5.37. The van der Waals surface area contributed by atoms with E-state index in [9.17, 15) is 4.79 Å². The summed E-state index contributed by atoms with van der Waals surface area (Å²) in [5.74, 6) is 0.0110. The van der Waals surface area contributed by atoms with Gasteiger partial charge in [0, 0.05) is 6.42 Å². The van der Waals surface area contributed by atoms with E-state index in [4.69, 9.17) is 0 Å². The first-order valence-electron chi connectivity index (χ1n) is 9.11. The van der Waals surface area contributed by atoms with Gasteiger partial charge >= 0.3 is 0 Å². The Balaban J connectivity index is 2.00. The second-order valence-electron chi connectivity index (χ2n) is 6.29. The fraction of sp³-hybridized carbons (Fsp3) is 0.600. The van der Waals surface area contributed by atoms with Crippen LogP contribution >= 0.6 is 0 Å². The molecule has 23 heavy (non-hydrogen) atoms. The highest BCUT2D eigenvalue weighted by Gasteiger charge is 1.99. The van der Waals surface area contributed by atoms with Crippen LogP contribution in [0.25, 0.3) is 0 Å². The first-order valence-corrected chi connectivity index (χ1v) is 9.11. The van der Waals surface area contributed by atoms with Crippen molar-refractivity contribution in [1.29, 1.82) is 0 Å². The molecule has 0 aliphatic rings. The second-order valence-corrected chi connectivity index (χ2v) is 6.29. The highest BCUT2D eigenvalue weighted by Crippen LogP contribution is 2.10. The molecule has 0 aliphatic carbocycles. The number of hydrazone groups is 1. The molecule has 3 nitrogen and oxygen atoms in total. The van der Waals surface area contributed by atoms with Gasteiger partial charge in [-0.2, -0.15) is 5.10 Å². The fourth-order valence-electron chi connectivity index (χ4n) is 2.58. The number of aryl methyl sites for hydroxylation is 1. The number of rotatable bonds is 12. The molecular formula is C20H32N2O. The molecule has 0 atom stereocenters. The summed E-state index contributed by atoms with van der Waals surface area (Å²) in [7, 11) is 0. The van der Waals surface area contributed by atoms with Gasteiger partial charge in [-0.1, -0.05) is 88.1 Å². The van der Waals surface area contributed by atoms with Crippen LogP contribution in [0.5, 0.6) is 0 Å².